The summed E-state index contributed by atoms with van der Waals surface area (Å²) in [5.41, 5.74) is 0.387. The first-order valence-corrected chi connectivity index (χ1v) is 6.57. The molecule has 0 saturated carbocycles. The van der Waals surface area contributed by atoms with Crippen molar-refractivity contribution in [3.63, 3.8) is 0 Å². The number of aromatic nitrogens is 2. The van der Waals surface area contributed by atoms with Crippen LogP contribution in [0.25, 0.3) is 21.6 Å². The number of rotatable bonds is 2. The highest BCUT2D eigenvalue weighted by Gasteiger charge is 2.18. The molecule has 0 bridgehead atoms. The van der Waals surface area contributed by atoms with Crippen LogP contribution in [-0.2, 0) is 0 Å². The van der Waals surface area contributed by atoms with Gasteiger partial charge in [-0.05, 0) is 17.5 Å². The first-order valence-electron chi connectivity index (χ1n) is 5.31. The fraction of sp³-hybridized carbons (Fsp3) is 0. The van der Waals surface area contributed by atoms with Gasteiger partial charge in [-0.25, -0.2) is 9.97 Å². The standard InChI is InChI=1S/C12H6ClN3O2S/c13-11-10-7(3-1-4-8(10)16(17)18)14-12(15-11)9-5-2-6-19-9/h1-6H. The molecule has 0 radical (unpaired) electrons. The number of thiophene rings is 1. The lowest BCUT2D eigenvalue weighted by molar-refractivity contribution is -0.383. The van der Waals surface area contributed by atoms with Gasteiger partial charge in [-0.15, -0.1) is 11.3 Å². The van der Waals surface area contributed by atoms with Crippen molar-refractivity contribution >= 4 is 39.5 Å². The summed E-state index contributed by atoms with van der Waals surface area (Å²) in [6, 6.07) is 8.42. The minimum atomic E-state index is -0.484. The molecular formula is C12H6ClN3O2S. The minimum absolute atomic E-state index is 0.0831. The molecule has 0 unspecified atom stereocenters. The van der Waals surface area contributed by atoms with Crippen molar-refractivity contribution in [2.75, 3.05) is 0 Å². The van der Waals surface area contributed by atoms with Gasteiger partial charge in [0.1, 0.15) is 10.5 Å². The lowest BCUT2D eigenvalue weighted by Gasteiger charge is -2.03. The van der Waals surface area contributed by atoms with E-state index in [0.29, 0.717) is 11.3 Å². The van der Waals surface area contributed by atoms with Gasteiger partial charge in [-0.3, -0.25) is 10.1 Å². The van der Waals surface area contributed by atoms with Crippen molar-refractivity contribution in [3.05, 3.63) is 51.0 Å². The molecule has 7 heteroatoms. The van der Waals surface area contributed by atoms with Crippen LogP contribution in [0, 0.1) is 10.1 Å². The molecule has 0 fully saturated rings. The molecule has 0 spiro atoms. The molecule has 2 aromatic heterocycles. The van der Waals surface area contributed by atoms with Crippen LogP contribution in [0.1, 0.15) is 0 Å². The summed E-state index contributed by atoms with van der Waals surface area (Å²) in [5, 5.41) is 13.3. The summed E-state index contributed by atoms with van der Waals surface area (Å²) in [5.74, 6) is 0.480. The number of benzene rings is 1. The van der Waals surface area contributed by atoms with Gasteiger partial charge in [0.15, 0.2) is 5.82 Å². The van der Waals surface area contributed by atoms with Gasteiger partial charge in [-0.2, -0.15) is 0 Å². The van der Waals surface area contributed by atoms with Crippen molar-refractivity contribution in [3.8, 4) is 10.7 Å². The maximum Gasteiger partial charge on any atom is 0.281 e. The first-order chi connectivity index (χ1) is 9.16. The van der Waals surface area contributed by atoms with Crippen LogP contribution in [0.5, 0.6) is 0 Å². The van der Waals surface area contributed by atoms with Crippen molar-refractivity contribution in [2.45, 2.75) is 0 Å². The van der Waals surface area contributed by atoms with Crippen LogP contribution < -0.4 is 0 Å². The predicted octanol–water partition coefficient (Wildman–Crippen LogP) is 3.92. The highest BCUT2D eigenvalue weighted by Crippen LogP contribution is 2.32. The Morgan fingerprint density at radius 3 is 2.74 bits per heavy atom. The number of halogens is 1. The van der Waals surface area contributed by atoms with Gasteiger partial charge in [0.05, 0.1) is 15.3 Å². The zero-order chi connectivity index (χ0) is 13.4. The smallest absolute Gasteiger partial charge is 0.258 e. The summed E-state index contributed by atoms with van der Waals surface area (Å²) in [6.45, 7) is 0. The fourth-order valence-electron chi connectivity index (χ4n) is 1.79. The Hall–Kier alpha value is -2.05. The molecule has 0 aliphatic heterocycles. The van der Waals surface area contributed by atoms with Crippen LogP contribution in [0.2, 0.25) is 5.15 Å². The number of nitro groups is 1. The number of fused-ring (bicyclic) bond motifs is 1. The third kappa shape index (κ3) is 2.05. The molecule has 0 aliphatic rings. The SMILES string of the molecule is O=[N+]([O-])c1cccc2nc(-c3cccs3)nc(Cl)c12. The monoisotopic (exact) mass is 291 g/mol. The Balaban J connectivity index is 2.31. The molecule has 0 atom stereocenters. The predicted molar refractivity (Wildman–Crippen MR) is 74.5 cm³/mol. The molecule has 94 valence electrons. The molecular weight excluding hydrogens is 286 g/mol. The van der Waals surface area contributed by atoms with E-state index in [0.717, 1.165) is 4.88 Å². The van der Waals surface area contributed by atoms with Gasteiger partial charge in [0.2, 0.25) is 0 Å². The third-order valence-corrected chi connectivity index (χ3v) is 3.73. The van der Waals surface area contributed by atoms with Crippen molar-refractivity contribution in [1.29, 1.82) is 0 Å². The van der Waals surface area contributed by atoms with Gasteiger partial charge in [0, 0.05) is 6.07 Å². The van der Waals surface area contributed by atoms with Gasteiger partial charge < -0.3 is 0 Å². The van der Waals surface area contributed by atoms with E-state index in [1.54, 1.807) is 12.1 Å². The summed E-state index contributed by atoms with van der Waals surface area (Å²) in [6.07, 6.45) is 0. The maximum atomic E-state index is 11.0. The Bertz CT molecular complexity index is 774. The van der Waals surface area contributed by atoms with Crippen LogP contribution in [-0.4, -0.2) is 14.9 Å². The lowest BCUT2D eigenvalue weighted by atomic mass is 10.2. The van der Waals surface area contributed by atoms with Crippen molar-refractivity contribution < 1.29 is 4.92 Å². The second kappa shape index (κ2) is 4.56. The van der Waals surface area contributed by atoms with Crippen LogP contribution in [0.3, 0.4) is 0 Å². The topological polar surface area (TPSA) is 68.9 Å². The van der Waals surface area contributed by atoms with Gasteiger partial charge in [0.25, 0.3) is 5.69 Å². The number of non-ortho nitro benzene ring substituents is 1. The second-order valence-electron chi connectivity index (χ2n) is 3.74. The molecule has 0 saturated heterocycles. The lowest BCUT2D eigenvalue weighted by Crippen LogP contribution is -1.95. The summed E-state index contributed by atoms with van der Waals surface area (Å²) < 4.78 is 0. The van der Waals surface area contributed by atoms with Gasteiger partial charge >= 0.3 is 0 Å². The number of hydrogen-bond donors (Lipinski definition) is 0. The Morgan fingerprint density at radius 2 is 2.05 bits per heavy atom. The minimum Gasteiger partial charge on any atom is -0.258 e. The largest absolute Gasteiger partial charge is 0.281 e. The Morgan fingerprint density at radius 1 is 1.21 bits per heavy atom. The molecule has 0 aliphatic carbocycles. The van der Waals surface area contributed by atoms with E-state index in [1.807, 2.05) is 17.5 Å². The van der Waals surface area contributed by atoms with E-state index in [1.165, 1.54) is 17.4 Å². The molecule has 3 aromatic rings. The molecule has 5 nitrogen and oxygen atoms in total. The van der Waals surface area contributed by atoms with Gasteiger partial charge in [-0.1, -0.05) is 23.7 Å². The van der Waals surface area contributed by atoms with E-state index in [4.69, 9.17) is 11.6 Å². The highest BCUT2D eigenvalue weighted by atomic mass is 35.5. The highest BCUT2D eigenvalue weighted by molar-refractivity contribution is 7.13. The zero-order valence-corrected chi connectivity index (χ0v) is 11.0. The summed E-state index contributed by atoms with van der Waals surface area (Å²) >= 11 is 7.56. The Kier molecular flexibility index (Phi) is 2.88. The molecule has 2 heterocycles. The third-order valence-electron chi connectivity index (χ3n) is 2.60. The molecule has 0 amide bonds. The van der Waals surface area contributed by atoms with Crippen LogP contribution in [0.4, 0.5) is 5.69 Å². The van der Waals surface area contributed by atoms with E-state index in [-0.39, 0.29) is 16.2 Å². The van der Waals surface area contributed by atoms with Crippen molar-refractivity contribution in [2.24, 2.45) is 0 Å². The van der Waals surface area contributed by atoms with E-state index < -0.39 is 4.92 Å². The summed E-state index contributed by atoms with van der Waals surface area (Å²) in [4.78, 5) is 19.8. The first kappa shape index (κ1) is 12.0. The number of nitro benzene ring substituents is 1. The number of nitrogens with zero attached hydrogens (tertiary/aromatic N) is 3. The summed E-state index contributed by atoms with van der Waals surface area (Å²) in [7, 11) is 0. The quantitative estimate of drug-likeness (QED) is 0.408. The van der Waals surface area contributed by atoms with E-state index in [2.05, 4.69) is 9.97 Å². The Labute approximate surface area is 116 Å². The molecule has 19 heavy (non-hydrogen) atoms. The zero-order valence-electron chi connectivity index (χ0n) is 9.41. The van der Waals surface area contributed by atoms with E-state index in [9.17, 15) is 10.1 Å². The fourth-order valence-corrected chi connectivity index (χ4v) is 2.72. The van der Waals surface area contributed by atoms with Crippen molar-refractivity contribution in [1.82, 2.24) is 9.97 Å². The molecule has 0 N–H and O–H groups in total. The average Bonchev–Trinajstić information content (AvgIpc) is 2.91. The maximum absolute atomic E-state index is 11.0. The normalized spacial score (nSPS) is 10.8. The van der Waals surface area contributed by atoms with E-state index >= 15 is 0 Å². The molecule has 3 rings (SSSR count). The molecule has 1 aromatic carbocycles. The second-order valence-corrected chi connectivity index (χ2v) is 5.05. The number of hydrogen-bond acceptors (Lipinski definition) is 5. The van der Waals surface area contributed by atoms with Crippen LogP contribution >= 0.6 is 22.9 Å². The average molecular weight is 292 g/mol. The van der Waals surface area contributed by atoms with Crippen LogP contribution in [0.15, 0.2) is 35.7 Å².